The van der Waals surface area contributed by atoms with Crippen LogP contribution in [0.5, 0.6) is 0 Å². The first-order valence-electron chi connectivity index (χ1n) is 9.64. The van der Waals surface area contributed by atoms with Crippen LogP contribution in [0.3, 0.4) is 0 Å². The van der Waals surface area contributed by atoms with E-state index < -0.39 is 29.0 Å². The molecular formula is C20H21F2N7O2. The molecule has 0 bridgehead atoms. The van der Waals surface area contributed by atoms with Crippen LogP contribution in [0.2, 0.25) is 0 Å². The molecule has 3 heterocycles. The standard InChI is InChI=1S/C20H19F2N7O2.H2/c21-13-3-1-4-14(22)16(13)18(30)27-15-11-25-28-17(15)19(31)26-12-5-9-29(10-6-12)20-23-7-2-8-24-20;/h1-4,7-8,11-12H,5-6,9-10H2,(H,25,28)(H,26,31)(H,27,30);1H. The fourth-order valence-electron chi connectivity index (χ4n) is 3.39. The van der Waals surface area contributed by atoms with Crippen molar-refractivity contribution in [3.05, 3.63) is 65.7 Å². The van der Waals surface area contributed by atoms with Gasteiger partial charge in [0, 0.05) is 33.0 Å². The van der Waals surface area contributed by atoms with Crippen molar-refractivity contribution in [3.8, 4) is 0 Å². The molecule has 0 aliphatic carbocycles. The second kappa shape index (κ2) is 8.86. The molecule has 162 valence electrons. The van der Waals surface area contributed by atoms with Crippen LogP contribution >= 0.6 is 0 Å². The molecule has 0 spiro atoms. The molecule has 2 aromatic heterocycles. The third-order valence-corrected chi connectivity index (χ3v) is 4.97. The normalized spacial score (nSPS) is 14.3. The molecule has 1 aliphatic rings. The Labute approximate surface area is 177 Å². The molecule has 0 saturated carbocycles. The van der Waals surface area contributed by atoms with Gasteiger partial charge in [-0.2, -0.15) is 5.10 Å². The number of halogens is 2. The number of benzene rings is 1. The van der Waals surface area contributed by atoms with Crippen LogP contribution in [0.25, 0.3) is 0 Å². The van der Waals surface area contributed by atoms with Crippen LogP contribution in [-0.4, -0.2) is 51.1 Å². The number of rotatable bonds is 5. The third kappa shape index (κ3) is 4.49. The zero-order valence-electron chi connectivity index (χ0n) is 16.3. The van der Waals surface area contributed by atoms with Gasteiger partial charge in [0.25, 0.3) is 11.8 Å². The van der Waals surface area contributed by atoms with Gasteiger partial charge in [0.05, 0.1) is 11.9 Å². The van der Waals surface area contributed by atoms with Crippen LogP contribution in [0.4, 0.5) is 20.4 Å². The molecule has 0 atom stereocenters. The van der Waals surface area contributed by atoms with Gasteiger partial charge in [-0.25, -0.2) is 18.7 Å². The molecule has 0 radical (unpaired) electrons. The van der Waals surface area contributed by atoms with Crippen LogP contribution in [0, 0.1) is 11.6 Å². The maximum atomic E-state index is 13.8. The fraction of sp³-hybridized carbons (Fsp3) is 0.250. The first kappa shape index (κ1) is 20.4. The summed E-state index contributed by atoms with van der Waals surface area (Å²) in [5, 5.41) is 11.5. The number of hydrogen-bond acceptors (Lipinski definition) is 6. The number of aromatic nitrogens is 4. The highest BCUT2D eigenvalue weighted by molar-refractivity contribution is 6.08. The average molecular weight is 429 g/mol. The number of H-pyrrole nitrogens is 1. The SMILES string of the molecule is O=C(NC1CCN(c2ncccn2)CC1)c1[nH]ncc1NC(=O)c1c(F)cccc1F.[HH]. The average Bonchev–Trinajstić information content (AvgIpc) is 3.23. The van der Waals surface area contributed by atoms with Crippen molar-refractivity contribution >= 4 is 23.5 Å². The van der Waals surface area contributed by atoms with E-state index >= 15 is 0 Å². The lowest BCUT2D eigenvalue weighted by Crippen LogP contribution is -2.45. The van der Waals surface area contributed by atoms with Gasteiger partial charge in [0.1, 0.15) is 22.9 Å². The van der Waals surface area contributed by atoms with E-state index in [4.69, 9.17) is 0 Å². The predicted octanol–water partition coefficient (Wildman–Crippen LogP) is 2.38. The van der Waals surface area contributed by atoms with Gasteiger partial charge < -0.3 is 15.5 Å². The van der Waals surface area contributed by atoms with Crippen molar-refractivity contribution in [2.24, 2.45) is 0 Å². The zero-order valence-corrected chi connectivity index (χ0v) is 16.3. The number of anilines is 2. The third-order valence-electron chi connectivity index (χ3n) is 4.97. The number of carbonyl (C=O) groups excluding carboxylic acids is 2. The molecule has 1 aliphatic heterocycles. The first-order chi connectivity index (χ1) is 15.0. The molecule has 9 nitrogen and oxygen atoms in total. The topological polar surface area (TPSA) is 116 Å². The van der Waals surface area contributed by atoms with E-state index in [2.05, 4.69) is 30.8 Å². The summed E-state index contributed by atoms with van der Waals surface area (Å²) >= 11 is 0. The summed E-state index contributed by atoms with van der Waals surface area (Å²) in [6.45, 7) is 1.35. The Morgan fingerprint density at radius 1 is 1.06 bits per heavy atom. The molecular weight excluding hydrogens is 408 g/mol. The van der Waals surface area contributed by atoms with Gasteiger partial charge in [0.2, 0.25) is 5.95 Å². The molecule has 1 saturated heterocycles. The summed E-state index contributed by atoms with van der Waals surface area (Å²) in [7, 11) is 0. The molecule has 4 rings (SSSR count). The number of nitrogens with zero attached hydrogens (tertiary/aromatic N) is 4. The minimum Gasteiger partial charge on any atom is -0.348 e. The van der Waals surface area contributed by atoms with E-state index in [1.54, 1.807) is 18.5 Å². The molecule has 1 fully saturated rings. The second-order valence-electron chi connectivity index (χ2n) is 6.99. The summed E-state index contributed by atoms with van der Waals surface area (Å²) in [6, 6.07) is 4.77. The zero-order chi connectivity index (χ0) is 21.8. The summed E-state index contributed by atoms with van der Waals surface area (Å²) in [4.78, 5) is 35.5. The van der Waals surface area contributed by atoms with Gasteiger partial charge in [-0.15, -0.1) is 0 Å². The smallest absolute Gasteiger partial charge is 0.271 e. The highest BCUT2D eigenvalue weighted by Crippen LogP contribution is 2.19. The minimum atomic E-state index is -1.01. The Kier molecular flexibility index (Phi) is 5.83. The number of nitrogens with one attached hydrogen (secondary N) is 3. The van der Waals surface area contributed by atoms with E-state index in [-0.39, 0.29) is 18.8 Å². The molecule has 1 aromatic carbocycles. The molecule has 31 heavy (non-hydrogen) atoms. The monoisotopic (exact) mass is 429 g/mol. The van der Waals surface area contributed by atoms with Crippen LogP contribution in [0.15, 0.2) is 42.9 Å². The quantitative estimate of drug-likeness (QED) is 0.574. The summed E-state index contributed by atoms with van der Waals surface area (Å²) in [5.41, 5.74) is -0.704. The Hall–Kier alpha value is -3.89. The van der Waals surface area contributed by atoms with Crippen molar-refractivity contribution < 1.29 is 19.8 Å². The Bertz CT molecular complexity index is 1070. The highest BCUT2D eigenvalue weighted by atomic mass is 19.1. The lowest BCUT2D eigenvalue weighted by molar-refractivity contribution is 0.0927. The first-order valence-corrected chi connectivity index (χ1v) is 9.64. The maximum absolute atomic E-state index is 13.8. The maximum Gasteiger partial charge on any atom is 0.271 e. The Morgan fingerprint density at radius 2 is 1.74 bits per heavy atom. The molecule has 0 unspecified atom stereocenters. The van der Waals surface area contributed by atoms with Gasteiger partial charge >= 0.3 is 0 Å². The van der Waals surface area contributed by atoms with E-state index in [0.717, 1.165) is 18.2 Å². The fourth-order valence-corrected chi connectivity index (χ4v) is 3.39. The number of hydrogen-bond donors (Lipinski definition) is 3. The van der Waals surface area contributed by atoms with Crippen LogP contribution in [0.1, 0.15) is 35.1 Å². The van der Waals surface area contributed by atoms with E-state index in [1.165, 1.54) is 6.20 Å². The molecule has 2 amide bonds. The lowest BCUT2D eigenvalue weighted by Gasteiger charge is -2.32. The van der Waals surface area contributed by atoms with Crippen LogP contribution in [-0.2, 0) is 0 Å². The van der Waals surface area contributed by atoms with Crippen LogP contribution < -0.4 is 15.5 Å². The van der Waals surface area contributed by atoms with Gasteiger partial charge in [-0.1, -0.05) is 6.07 Å². The van der Waals surface area contributed by atoms with Crippen molar-refractivity contribution in [1.29, 1.82) is 0 Å². The second-order valence-corrected chi connectivity index (χ2v) is 6.99. The van der Waals surface area contributed by atoms with E-state index in [0.29, 0.717) is 31.9 Å². The van der Waals surface area contributed by atoms with E-state index in [1.807, 2.05) is 4.90 Å². The minimum absolute atomic E-state index is 0. The number of piperidine rings is 1. The summed E-state index contributed by atoms with van der Waals surface area (Å²) < 4.78 is 27.7. The molecule has 3 aromatic rings. The molecule has 3 N–H and O–H groups in total. The largest absolute Gasteiger partial charge is 0.348 e. The number of aromatic amines is 1. The van der Waals surface area contributed by atoms with Crippen molar-refractivity contribution in [2.45, 2.75) is 18.9 Å². The summed E-state index contributed by atoms with van der Waals surface area (Å²) in [5.74, 6) is -2.84. The van der Waals surface area contributed by atoms with Gasteiger partial charge in [-0.3, -0.25) is 14.7 Å². The van der Waals surface area contributed by atoms with Gasteiger partial charge in [-0.05, 0) is 31.0 Å². The summed E-state index contributed by atoms with van der Waals surface area (Å²) in [6.07, 6.45) is 5.93. The van der Waals surface area contributed by atoms with Crippen molar-refractivity contribution in [1.82, 2.24) is 25.5 Å². The Morgan fingerprint density at radius 3 is 2.42 bits per heavy atom. The Balaban J connectivity index is 0.00000289. The van der Waals surface area contributed by atoms with E-state index in [9.17, 15) is 18.4 Å². The van der Waals surface area contributed by atoms with Crippen molar-refractivity contribution in [2.75, 3.05) is 23.3 Å². The highest BCUT2D eigenvalue weighted by Gasteiger charge is 2.25. The molecule has 11 heteroatoms. The lowest BCUT2D eigenvalue weighted by atomic mass is 10.1. The number of amides is 2. The van der Waals surface area contributed by atoms with Gasteiger partial charge in [0.15, 0.2) is 0 Å². The predicted molar refractivity (Wildman–Crippen MR) is 110 cm³/mol. The van der Waals surface area contributed by atoms with Crippen molar-refractivity contribution in [3.63, 3.8) is 0 Å². The number of carbonyl (C=O) groups is 2.